The van der Waals surface area contributed by atoms with Crippen LogP contribution < -0.4 is 10.1 Å². The molecule has 0 unspecified atom stereocenters. The first-order valence-electron chi connectivity index (χ1n) is 9.89. The first-order valence-corrected chi connectivity index (χ1v) is 11.3. The number of rotatable bonds is 4. The highest BCUT2D eigenvalue weighted by Gasteiger charge is 2.32. The number of ether oxygens (including phenoxy) is 1. The van der Waals surface area contributed by atoms with Crippen molar-refractivity contribution in [2.75, 3.05) is 0 Å². The Morgan fingerprint density at radius 1 is 0.917 bits per heavy atom. The summed E-state index contributed by atoms with van der Waals surface area (Å²) in [5.41, 5.74) is 0.801. The molecule has 0 fully saturated rings. The van der Waals surface area contributed by atoms with Gasteiger partial charge in [0.1, 0.15) is 5.75 Å². The first-order chi connectivity index (χ1) is 16.8. The van der Waals surface area contributed by atoms with Gasteiger partial charge in [-0.15, -0.1) is 0 Å². The van der Waals surface area contributed by atoms with E-state index in [0.29, 0.717) is 40.5 Å². The second-order valence-electron chi connectivity index (χ2n) is 7.26. The van der Waals surface area contributed by atoms with Crippen molar-refractivity contribution in [3.05, 3.63) is 70.5 Å². The van der Waals surface area contributed by atoms with Gasteiger partial charge in [-0.3, -0.25) is 24.3 Å². The highest BCUT2D eigenvalue weighted by molar-refractivity contribution is 7.85. The van der Waals surface area contributed by atoms with Gasteiger partial charge in [0.25, 0.3) is 11.8 Å². The van der Waals surface area contributed by atoms with Gasteiger partial charge in [0.2, 0.25) is 5.82 Å². The van der Waals surface area contributed by atoms with Crippen molar-refractivity contribution in [1.82, 2.24) is 5.32 Å². The molecule has 0 spiro atoms. The van der Waals surface area contributed by atoms with Gasteiger partial charge in [-0.05, 0) is 30.0 Å². The minimum atomic E-state index is -5.52. The number of benzene rings is 3. The Morgan fingerprint density at radius 2 is 1.47 bits per heavy atom. The number of amides is 2. The van der Waals surface area contributed by atoms with Crippen molar-refractivity contribution >= 4 is 38.7 Å². The smallest absolute Gasteiger partial charge is 0.311 e. The lowest BCUT2D eigenvalue weighted by molar-refractivity contribution is -0.134. The van der Waals surface area contributed by atoms with Crippen LogP contribution in [-0.4, -0.2) is 30.8 Å². The quantitative estimate of drug-likeness (QED) is 0.0989. The van der Waals surface area contributed by atoms with Crippen molar-refractivity contribution in [2.24, 2.45) is 0 Å². The lowest BCUT2D eigenvalue weighted by atomic mass is 9.95. The minimum absolute atomic E-state index is 0.317. The lowest BCUT2D eigenvalue weighted by Crippen LogP contribution is -2.34. The standard InChI is InChI=1S/C16H13NO4.C6HF5O3S/c1-2-4-13(18)21-10-7-9-5-3-6-11-14(9)12(8-10)16(20)17-15(11)19;7-1-2(8)4(10)6(15(12,13)14)5(11)3(1)9/h3,5-8H,2,4H2,1H3,(H,17,19,20);(H,12,13,14). The summed E-state index contributed by atoms with van der Waals surface area (Å²) in [5.74, 6) is -13.5. The molecule has 1 heterocycles. The molecule has 0 bridgehead atoms. The van der Waals surface area contributed by atoms with Crippen LogP contribution in [-0.2, 0) is 14.9 Å². The molecule has 0 atom stereocenters. The largest absolute Gasteiger partial charge is 0.426 e. The van der Waals surface area contributed by atoms with Gasteiger partial charge < -0.3 is 4.74 Å². The second kappa shape index (κ2) is 9.99. The average molecular weight is 531 g/mol. The molecule has 190 valence electrons. The predicted octanol–water partition coefficient (Wildman–Crippen LogP) is 4.06. The molecule has 8 nitrogen and oxygen atoms in total. The van der Waals surface area contributed by atoms with Crippen LogP contribution in [0.1, 0.15) is 40.5 Å². The SMILES string of the molecule is CCCC(=O)Oc1cc2c3c(cccc3c1)C(=O)NC2=O.O=S(=O)(O)c1c(F)c(F)c(F)c(F)c1F. The zero-order valence-electron chi connectivity index (χ0n) is 18.0. The summed E-state index contributed by atoms with van der Waals surface area (Å²) in [7, 11) is -5.52. The molecule has 3 aromatic carbocycles. The molecule has 2 N–H and O–H groups in total. The van der Waals surface area contributed by atoms with Crippen molar-refractivity contribution in [1.29, 1.82) is 0 Å². The van der Waals surface area contributed by atoms with Crippen LogP contribution in [0, 0.1) is 29.1 Å². The number of carbonyl (C=O) groups excluding carboxylic acids is 3. The zero-order chi connectivity index (χ0) is 26.9. The molecule has 0 aromatic heterocycles. The molecule has 1 aliphatic rings. The molecule has 0 radical (unpaired) electrons. The molecule has 2 amide bonds. The van der Waals surface area contributed by atoms with Gasteiger partial charge >= 0.3 is 16.1 Å². The summed E-state index contributed by atoms with van der Waals surface area (Å²) in [6.45, 7) is 1.89. The summed E-state index contributed by atoms with van der Waals surface area (Å²) in [5, 5.41) is 3.58. The van der Waals surface area contributed by atoms with E-state index in [1.165, 1.54) is 6.07 Å². The van der Waals surface area contributed by atoms with E-state index in [1.807, 2.05) is 6.92 Å². The van der Waals surface area contributed by atoms with Crippen LogP contribution >= 0.6 is 0 Å². The van der Waals surface area contributed by atoms with Gasteiger partial charge in [-0.1, -0.05) is 19.1 Å². The summed E-state index contributed by atoms with van der Waals surface area (Å²) < 4.78 is 96.5. The number of carbonyl (C=O) groups is 3. The topological polar surface area (TPSA) is 127 Å². The normalized spacial score (nSPS) is 12.6. The van der Waals surface area contributed by atoms with Crippen LogP contribution in [0.5, 0.6) is 5.75 Å². The number of hydrogen-bond acceptors (Lipinski definition) is 6. The van der Waals surface area contributed by atoms with Crippen molar-refractivity contribution in [3.63, 3.8) is 0 Å². The van der Waals surface area contributed by atoms with Gasteiger partial charge in [0.05, 0.1) is 5.56 Å². The molecule has 0 saturated carbocycles. The molecular formula is C22H14F5NO7S. The number of halogens is 5. The summed E-state index contributed by atoms with van der Waals surface area (Å²) >= 11 is 0. The fraction of sp³-hybridized carbons (Fsp3) is 0.136. The van der Waals surface area contributed by atoms with Crippen LogP contribution in [0.4, 0.5) is 22.0 Å². The Hall–Kier alpha value is -3.91. The number of esters is 1. The molecule has 14 heteroatoms. The van der Waals surface area contributed by atoms with E-state index in [4.69, 9.17) is 9.29 Å². The summed E-state index contributed by atoms with van der Waals surface area (Å²) in [6, 6.07) is 8.35. The Morgan fingerprint density at radius 3 is 2.03 bits per heavy atom. The van der Waals surface area contributed by atoms with Gasteiger partial charge in [0, 0.05) is 17.4 Å². The number of nitrogens with one attached hydrogen (secondary N) is 1. The minimum Gasteiger partial charge on any atom is -0.426 e. The summed E-state index contributed by atoms with van der Waals surface area (Å²) in [6.07, 6.45) is 1.01. The van der Waals surface area contributed by atoms with Crippen molar-refractivity contribution in [3.8, 4) is 5.75 Å². The van der Waals surface area contributed by atoms with E-state index in [0.717, 1.165) is 0 Å². The Balaban J connectivity index is 0.000000214. The maximum atomic E-state index is 12.6. The van der Waals surface area contributed by atoms with Crippen LogP contribution in [0.25, 0.3) is 10.8 Å². The molecular weight excluding hydrogens is 517 g/mol. The molecule has 0 aliphatic carbocycles. The number of imide groups is 1. The predicted molar refractivity (Wildman–Crippen MR) is 112 cm³/mol. The maximum Gasteiger partial charge on any atom is 0.311 e. The van der Waals surface area contributed by atoms with Crippen LogP contribution in [0.3, 0.4) is 0 Å². The zero-order valence-corrected chi connectivity index (χ0v) is 18.8. The van der Waals surface area contributed by atoms with E-state index in [1.54, 1.807) is 24.3 Å². The van der Waals surface area contributed by atoms with E-state index < -0.39 is 55.9 Å². The fourth-order valence-corrected chi connectivity index (χ4v) is 3.90. The van der Waals surface area contributed by atoms with Gasteiger partial charge in [0.15, 0.2) is 28.2 Å². The maximum absolute atomic E-state index is 12.6. The highest BCUT2D eigenvalue weighted by atomic mass is 32.2. The number of hydrogen-bond donors (Lipinski definition) is 2. The Labute approximate surface area is 199 Å². The molecule has 4 rings (SSSR count). The second-order valence-corrected chi connectivity index (χ2v) is 8.61. The third-order valence-electron chi connectivity index (χ3n) is 4.78. The van der Waals surface area contributed by atoms with Crippen LogP contribution in [0.15, 0.2) is 35.2 Å². The van der Waals surface area contributed by atoms with Gasteiger partial charge in [-0.25, -0.2) is 22.0 Å². The molecule has 36 heavy (non-hydrogen) atoms. The van der Waals surface area contributed by atoms with Crippen LogP contribution in [0.2, 0.25) is 0 Å². The molecule has 0 saturated heterocycles. The van der Waals surface area contributed by atoms with Crippen molar-refractivity contribution < 1.29 is 54.0 Å². The Bertz CT molecular complexity index is 1510. The molecule has 3 aromatic rings. The van der Waals surface area contributed by atoms with E-state index in [2.05, 4.69) is 5.32 Å². The van der Waals surface area contributed by atoms with E-state index in [-0.39, 0.29) is 5.97 Å². The van der Waals surface area contributed by atoms with Crippen molar-refractivity contribution in [2.45, 2.75) is 24.7 Å². The van der Waals surface area contributed by atoms with E-state index in [9.17, 15) is 44.8 Å². The highest BCUT2D eigenvalue weighted by Crippen LogP contribution is 2.31. The third-order valence-corrected chi connectivity index (χ3v) is 5.65. The summed E-state index contributed by atoms with van der Waals surface area (Å²) in [4.78, 5) is 33.1. The first kappa shape index (κ1) is 26.7. The molecule has 1 aliphatic heterocycles. The van der Waals surface area contributed by atoms with Gasteiger partial charge in [-0.2, -0.15) is 8.42 Å². The monoisotopic (exact) mass is 531 g/mol. The average Bonchev–Trinajstić information content (AvgIpc) is 2.79. The Kier molecular flexibility index (Phi) is 7.40. The van der Waals surface area contributed by atoms with E-state index >= 15 is 0 Å². The lowest BCUT2D eigenvalue weighted by Gasteiger charge is -2.17. The fourth-order valence-electron chi connectivity index (χ4n) is 3.26. The third kappa shape index (κ3) is 5.04.